The first-order chi connectivity index (χ1) is 18.4. The molecule has 178 valence electrons. The topological polar surface area (TPSA) is 21.6 Å². The smallest absolute Gasteiger partial charge is 0.217 e. The zero-order chi connectivity index (χ0) is 24.6. The van der Waals surface area contributed by atoms with Crippen LogP contribution in [-0.4, -0.2) is 12.0 Å². The lowest BCUT2D eigenvalue weighted by molar-refractivity contribution is 0.206. The minimum absolute atomic E-state index is 0.0836. The van der Waals surface area contributed by atoms with Crippen LogP contribution < -0.4 is 15.9 Å². The van der Waals surface area contributed by atoms with Gasteiger partial charge in [0.05, 0.1) is 0 Å². The van der Waals surface area contributed by atoms with Crippen LogP contribution in [0.1, 0.15) is 22.7 Å². The summed E-state index contributed by atoms with van der Waals surface area (Å²) in [5, 5.41) is 4.02. The summed E-state index contributed by atoms with van der Waals surface area (Å²) < 4.78 is 6.54. The van der Waals surface area contributed by atoms with Gasteiger partial charge in [-0.3, -0.25) is 0 Å². The summed E-state index contributed by atoms with van der Waals surface area (Å²) in [6.07, 6.45) is 1.00. The van der Waals surface area contributed by atoms with Gasteiger partial charge in [-0.15, -0.1) is 0 Å². The molecule has 0 unspecified atom stereocenters. The normalized spacial score (nSPS) is 17.7. The number of hydrogen-bond donors (Lipinski definition) is 0. The fraction of sp³-hybridized carbons (Fsp3) is 0.0882. The van der Waals surface area contributed by atoms with Gasteiger partial charge in [0.2, 0.25) is 5.90 Å². The monoisotopic (exact) mass is 495 g/mol. The highest BCUT2D eigenvalue weighted by atomic mass is 31.1. The maximum Gasteiger partial charge on any atom is 0.217 e. The summed E-state index contributed by atoms with van der Waals surface area (Å²) in [7, 11) is -0.740. The molecule has 3 heteroatoms. The van der Waals surface area contributed by atoms with Crippen molar-refractivity contribution >= 4 is 29.7 Å². The Bertz CT molecular complexity index is 1560. The van der Waals surface area contributed by atoms with Crippen LogP contribution in [-0.2, 0) is 11.2 Å². The zero-order valence-corrected chi connectivity index (χ0v) is 21.3. The van der Waals surface area contributed by atoms with Crippen molar-refractivity contribution in [2.45, 2.75) is 18.6 Å². The molecule has 0 fully saturated rings. The fourth-order valence-corrected chi connectivity index (χ4v) is 8.08. The Hall–Kier alpha value is -4.00. The van der Waals surface area contributed by atoms with E-state index >= 15 is 0 Å². The van der Waals surface area contributed by atoms with Crippen LogP contribution in [0.5, 0.6) is 0 Å². The van der Waals surface area contributed by atoms with Gasteiger partial charge in [-0.25, -0.2) is 4.99 Å². The molecule has 2 aliphatic rings. The first kappa shape index (κ1) is 22.2. The number of rotatable bonds is 5. The SMILES string of the molecule is c1ccc(P(c2ccccc2)c2ccccc2-c2ccccc2C2=N[C@@H]3c4ccccc4C[C@@H]3O2)cc1. The molecule has 0 amide bonds. The van der Waals surface area contributed by atoms with Crippen LogP contribution in [0.4, 0.5) is 0 Å². The Labute approximate surface area is 219 Å². The third-order valence-electron chi connectivity index (χ3n) is 7.29. The molecular weight excluding hydrogens is 469 g/mol. The van der Waals surface area contributed by atoms with Gasteiger partial charge in [-0.05, 0) is 52.2 Å². The van der Waals surface area contributed by atoms with Crippen LogP contribution >= 0.6 is 7.92 Å². The molecule has 0 spiro atoms. The molecule has 1 aliphatic carbocycles. The van der Waals surface area contributed by atoms with E-state index in [1.165, 1.54) is 38.2 Å². The molecule has 0 aromatic heterocycles. The molecule has 37 heavy (non-hydrogen) atoms. The van der Waals surface area contributed by atoms with Gasteiger partial charge in [0.25, 0.3) is 0 Å². The van der Waals surface area contributed by atoms with Gasteiger partial charge in [0.15, 0.2) is 0 Å². The molecule has 5 aromatic rings. The average molecular weight is 496 g/mol. The quantitative estimate of drug-likeness (QED) is 0.253. The largest absolute Gasteiger partial charge is 0.471 e. The lowest BCUT2D eigenvalue weighted by Crippen LogP contribution is -2.22. The zero-order valence-electron chi connectivity index (χ0n) is 20.4. The van der Waals surface area contributed by atoms with Crippen molar-refractivity contribution in [3.63, 3.8) is 0 Å². The Kier molecular flexibility index (Phi) is 5.68. The third-order valence-corrected chi connectivity index (χ3v) is 9.79. The van der Waals surface area contributed by atoms with Crippen LogP contribution in [0.25, 0.3) is 11.1 Å². The molecular formula is C34H26NOP. The maximum atomic E-state index is 6.54. The second-order valence-corrected chi connectivity index (χ2v) is 11.7. The van der Waals surface area contributed by atoms with Crippen molar-refractivity contribution in [2.24, 2.45) is 4.99 Å². The van der Waals surface area contributed by atoms with Gasteiger partial charge >= 0.3 is 0 Å². The van der Waals surface area contributed by atoms with E-state index in [-0.39, 0.29) is 12.1 Å². The predicted molar refractivity (Wildman–Crippen MR) is 155 cm³/mol. The summed E-state index contributed by atoms with van der Waals surface area (Å²) in [5.74, 6) is 0.763. The van der Waals surface area contributed by atoms with E-state index in [0.717, 1.165) is 17.9 Å². The fourth-order valence-electron chi connectivity index (χ4n) is 5.61. The number of ether oxygens (including phenoxy) is 1. The van der Waals surface area contributed by atoms with E-state index < -0.39 is 7.92 Å². The van der Waals surface area contributed by atoms with Crippen molar-refractivity contribution in [1.82, 2.24) is 0 Å². The van der Waals surface area contributed by atoms with Crippen molar-refractivity contribution < 1.29 is 4.74 Å². The third kappa shape index (κ3) is 3.99. The minimum atomic E-state index is -0.740. The lowest BCUT2D eigenvalue weighted by Gasteiger charge is -2.23. The standard InChI is InChI=1S/C34H26NOP/c1-3-14-25(15-4-1)37(26-16-5-2-6-17-26)32-22-12-11-20-29(32)28-19-9-10-21-30(28)34-35-33-27-18-8-7-13-24(27)23-31(33)36-34/h1-22,31,33H,23H2/t31-,33+/m0/s1. The molecule has 0 saturated carbocycles. The van der Waals surface area contributed by atoms with Crippen LogP contribution in [0.3, 0.4) is 0 Å². The molecule has 1 aliphatic heterocycles. The summed E-state index contributed by atoms with van der Waals surface area (Å²) in [4.78, 5) is 5.14. The second kappa shape index (κ2) is 9.47. The minimum Gasteiger partial charge on any atom is -0.471 e. The van der Waals surface area contributed by atoms with Crippen molar-refractivity contribution in [3.05, 3.63) is 150 Å². The highest BCUT2D eigenvalue weighted by Crippen LogP contribution is 2.43. The Morgan fingerprint density at radius 2 is 1.14 bits per heavy atom. The molecule has 5 aromatic carbocycles. The van der Waals surface area contributed by atoms with Gasteiger partial charge in [0.1, 0.15) is 12.1 Å². The molecule has 2 atom stereocenters. The van der Waals surface area contributed by atoms with E-state index in [2.05, 4.69) is 133 Å². The van der Waals surface area contributed by atoms with Gasteiger partial charge in [-0.2, -0.15) is 0 Å². The molecule has 0 N–H and O–H groups in total. The molecule has 0 radical (unpaired) electrons. The van der Waals surface area contributed by atoms with Crippen LogP contribution in [0.2, 0.25) is 0 Å². The Balaban J connectivity index is 1.36. The van der Waals surface area contributed by atoms with Crippen molar-refractivity contribution in [2.75, 3.05) is 0 Å². The number of fused-ring (bicyclic) bond motifs is 3. The Morgan fingerprint density at radius 1 is 0.568 bits per heavy atom. The van der Waals surface area contributed by atoms with E-state index in [0.29, 0.717) is 0 Å². The molecule has 2 nitrogen and oxygen atoms in total. The summed E-state index contributed by atoms with van der Waals surface area (Å²) in [6, 6.07) is 47.9. The highest BCUT2D eigenvalue weighted by Gasteiger charge is 2.40. The lowest BCUT2D eigenvalue weighted by atomic mass is 9.99. The van der Waals surface area contributed by atoms with Crippen molar-refractivity contribution in [3.8, 4) is 11.1 Å². The number of hydrogen-bond acceptors (Lipinski definition) is 2. The van der Waals surface area contributed by atoms with E-state index in [9.17, 15) is 0 Å². The van der Waals surface area contributed by atoms with Crippen LogP contribution in [0, 0.1) is 0 Å². The molecule has 0 saturated heterocycles. The van der Waals surface area contributed by atoms with Crippen LogP contribution in [0.15, 0.2) is 138 Å². The molecule has 0 bridgehead atoms. The molecule has 7 rings (SSSR count). The van der Waals surface area contributed by atoms with E-state index in [1.807, 2.05) is 0 Å². The molecule has 1 heterocycles. The second-order valence-electron chi connectivity index (χ2n) is 9.51. The maximum absolute atomic E-state index is 6.54. The highest BCUT2D eigenvalue weighted by molar-refractivity contribution is 7.80. The first-order valence-corrected chi connectivity index (χ1v) is 14.1. The number of benzene rings is 5. The number of aliphatic imine (C=N–C) groups is 1. The van der Waals surface area contributed by atoms with E-state index in [1.54, 1.807) is 0 Å². The Morgan fingerprint density at radius 3 is 1.86 bits per heavy atom. The van der Waals surface area contributed by atoms with Gasteiger partial charge in [-0.1, -0.05) is 127 Å². The average Bonchev–Trinajstić information content (AvgIpc) is 3.53. The predicted octanol–water partition coefficient (Wildman–Crippen LogP) is 6.55. The summed E-state index contributed by atoms with van der Waals surface area (Å²) in [5.41, 5.74) is 6.13. The van der Waals surface area contributed by atoms with Crippen molar-refractivity contribution in [1.29, 1.82) is 0 Å². The summed E-state index contributed by atoms with van der Waals surface area (Å²) in [6.45, 7) is 0. The first-order valence-electron chi connectivity index (χ1n) is 12.8. The number of nitrogens with zero attached hydrogens (tertiary/aromatic N) is 1. The summed E-state index contributed by atoms with van der Waals surface area (Å²) >= 11 is 0. The van der Waals surface area contributed by atoms with E-state index in [4.69, 9.17) is 9.73 Å². The van der Waals surface area contributed by atoms with Gasteiger partial charge < -0.3 is 4.74 Å². The van der Waals surface area contributed by atoms with Gasteiger partial charge in [0, 0.05) is 12.0 Å².